The molecule has 0 saturated heterocycles. The van der Waals surface area contributed by atoms with Gasteiger partial charge in [-0.2, -0.15) is 8.42 Å². The monoisotopic (exact) mass is 256 g/mol. The van der Waals surface area contributed by atoms with Crippen molar-refractivity contribution in [3.8, 4) is 5.75 Å². The van der Waals surface area contributed by atoms with Gasteiger partial charge in [-0.05, 0) is 12.1 Å². The highest BCUT2D eigenvalue weighted by Gasteiger charge is 2.42. The fourth-order valence-corrected chi connectivity index (χ4v) is 2.42. The lowest BCUT2D eigenvalue weighted by molar-refractivity contribution is 0.138. The highest BCUT2D eigenvalue weighted by molar-refractivity contribution is 7.87. The summed E-state index contributed by atoms with van der Waals surface area (Å²) in [7, 11) is -4.33. The molecule has 0 aromatic heterocycles. The molecule has 0 aliphatic carbocycles. The summed E-state index contributed by atoms with van der Waals surface area (Å²) in [5.74, 6) is 0.397. The van der Waals surface area contributed by atoms with E-state index in [1.165, 1.54) is 6.08 Å². The van der Waals surface area contributed by atoms with E-state index in [0.29, 0.717) is 5.75 Å². The molecule has 1 aromatic carbocycles. The van der Waals surface area contributed by atoms with E-state index in [4.69, 9.17) is 4.74 Å². The molecule has 1 rings (SSSR count). The van der Waals surface area contributed by atoms with Gasteiger partial charge in [0, 0.05) is 12.8 Å². The van der Waals surface area contributed by atoms with Gasteiger partial charge < -0.3 is 4.74 Å². The smallest absolute Gasteiger partial charge is 0.306 e. The van der Waals surface area contributed by atoms with Gasteiger partial charge in [-0.25, -0.2) is 0 Å². The number of para-hydroxylation sites is 1. The fourth-order valence-electron chi connectivity index (χ4n) is 1.52. The summed E-state index contributed by atoms with van der Waals surface area (Å²) in [6.45, 7) is 5.13. The molecule has 0 aliphatic heterocycles. The van der Waals surface area contributed by atoms with Crippen LogP contribution in [0.15, 0.2) is 43.0 Å². The van der Waals surface area contributed by atoms with E-state index in [1.54, 1.807) is 37.3 Å². The second-order valence-corrected chi connectivity index (χ2v) is 5.34. The van der Waals surface area contributed by atoms with Crippen molar-refractivity contribution in [2.45, 2.75) is 24.7 Å². The van der Waals surface area contributed by atoms with E-state index in [1.807, 2.05) is 0 Å². The van der Waals surface area contributed by atoms with Crippen molar-refractivity contribution in [3.63, 3.8) is 0 Å². The minimum absolute atomic E-state index is 0.0250. The predicted molar refractivity (Wildman–Crippen MR) is 66.5 cm³/mol. The normalized spacial score (nSPS) is 14.9. The molecule has 0 radical (unpaired) electrons. The maximum absolute atomic E-state index is 11.5. The summed E-state index contributed by atoms with van der Waals surface area (Å²) < 4.78 is 37.7. The Balaban J connectivity index is 3.12. The van der Waals surface area contributed by atoms with Crippen molar-refractivity contribution < 1.29 is 17.7 Å². The van der Waals surface area contributed by atoms with Crippen molar-refractivity contribution in [1.82, 2.24) is 0 Å². The quantitative estimate of drug-likeness (QED) is 0.627. The molecule has 1 N–H and O–H groups in total. The molecule has 94 valence electrons. The third-order valence-corrected chi connectivity index (χ3v) is 3.99. The van der Waals surface area contributed by atoms with Crippen LogP contribution in [-0.4, -0.2) is 17.9 Å². The van der Waals surface area contributed by atoms with Gasteiger partial charge in [-0.15, -0.1) is 6.58 Å². The van der Waals surface area contributed by atoms with Crippen molar-refractivity contribution in [2.75, 3.05) is 0 Å². The number of ether oxygens (including phenoxy) is 1. The van der Waals surface area contributed by atoms with Gasteiger partial charge in [0.05, 0.1) is 0 Å². The van der Waals surface area contributed by atoms with Crippen LogP contribution >= 0.6 is 0 Å². The molecule has 0 fully saturated rings. The van der Waals surface area contributed by atoms with Gasteiger partial charge >= 0.3 is 10.1 Å². The Bertz CT molecular complexity index is 467. The zero-order valence-corrected chi connectivity index (χ0v) is 10.5. The molecule has 0 bridgehead atoms. The summed E-state index contributed by atoms with van der Waals surface area (Å²) in [5, 5.41) is 0. The molecule has 17 heavy (non-hydrogen) atoms. The van der Waals surface area contributed by atoms with Crippen LogP contribution in [0.1, 0.15) is 19.8 Å². The van der Waals surface area contributed by atoms with Gasteiger partial charge in [0.2, 0.25) is 4.93 Å². The Kier molecular flexibility index (Phi) is 4.31. The minimum Gasteiger partial charge on any atom is -0.469 e. The van der Waals surface area contributed by atoms with Crippen LogP contribution < -0.4 is 4.74 Å². The fraction of sp³-hybridized carbons (Fsp3) is 0.333. The second kappa shape index (κ2) is 5.33. The summed E-state index contributed by atoms with van der Waals surface area (Å²) in [6.07, 6.45) is 1.57. The zero-order valence-electron chi connectivity index (χ0n) is 9.67. The number of hydrogen-bond acceptors (Lipinski definition) is 3. The largest absolute Gasteiger partial charge is 0.469 e. The summed E-state index contributed by atoms with van der Waals surface area (Å²) in [6, 6.07) is 8.53. The van der Waals surface area contributed by atoms with E-state index >= 15 is 0 Å². The van der Waals surface area contributed by atoms with Gasteiger partial charge in [0.1, 0.15) is 5.75 Å². The first-order chi connectivity index (χ1) is 7.95. The third-order valence-electron chi connectivity index (χ3n) is 2.51. The van der Waals surface area contributed by atoms with Crippen LogP contribution in [0.5, 0.6) is 5.75 Å². The van der Waals surface area contributed by atoms with Crippen molar-refractivity contribution in [1.29, 1.82) is 0 Å². The SMILES string of the molecule is C=CCC(CC)(Oc1ccccc1)S(=O)(=O)O. The number of rotatable bonds is 6. The Morgan fingerprint density at radius 1 is 1.41 bits per heavy atom. The lowest BCUT2D eigenvalue weighted by Gasteiger charge is -2.29. The van der Waals surface area contributed by atoms with Gasteiger partial charge in [-0.3, -0.25) is 4.55 Å². The van der Waals surface area contributed by atoms with E-state index in [2.05, 4.69) is 6.58 Å². The van der Waals surface area contributed by atoms with Crippen LogP contribution in [-0.2, 0) is 10.1 Å². The van der Waals surface area contributed by atoms with Crippen molar-refractivity contribution >= 4 is 10.1 Å². The summed E-state index contributed by atoms with van der Waals surface area (Å²) in [4.78, 5) is -1.66. The summed E-state index contributed by atoms with van der Waals surface area (Å²) >= 11 is 0. The molecule has 4 nitrogen and oxygen atoms in total. The third kappa shape index (κ3) is 3.08. The number of hydrogen-bond donors (Lipinski definition) is 1. The first kappa shape index (κ1) is 13.7. The highest BCUT2D eigenvalue weighted by Crippen LogP contribution is 2.29. The maximum Gasteiger partial charge on any atom is 0.306 e. The van der Waals surface area contributed by atoms with Gasteiger partial charge in [-0.1, -0.05) is 31.2 Å². The van der Waals surface area contributed by atoms with Crippen LogP contribution in [0.4, 0.5) is 0 Å². The molecule has 0 amide bonds. The Morgan fingerprint density at radius 3 is 2.41 bits per heavy atom. The van der Waals surface area contributed by atoms with Crippen LogP contribution in [0, 0.1) is 0 Å². The number of benzene rings is 1. The standard InChI is InChI=1S/C12H16O4S/c1-3-10-12(4-2,17(13,14)15)16-11-8-6-5-7-9-11/h3,5-9H,1,4,10H2,2H3,(H,13,14,15). The molecule has 1 unspecified atom stereocenters. The van der Waals surface area contributed by atoms with Crippen molar-refractivity contribution in [2.24, 2.45) is 0 Å². The molecule has 0 heterocycles. The highest BCUT2D eigenvalue weighted by atomic mass is 32.2. The minimum atomic E-state index is -4.33. The topological polar surface area (TPSA) is 63.6 Å². The Labute approximate surface area is 102 Å². The van der Waals surface area contributed by atoms with E-state index in [0.717, 1.165) is 0 Å². The van der Waals surface area contributed by atoms with E-state index in [9.17, 15) is 13.0 Å². The summed E-state index contributed by atoms with van der Waals surface area (Å²) in [5.41, 5.74) is 0. The molecule has 0 saturated carbocycles. The van der Waals surface area contributed by atoms with Crippen LogP contribution in [0.25, 0.3) is 0 Å². The van der Waals surface area contributed by atoms with Crippen LogP contribution in [0.2, 0.25) is 0 Å². The molecule has 1 atom stereocenters. The molecule has 5 heteroatoms. The lowest BCUT2D eigenvalue weighted by atomic mass is 10.2. The Morgan fingerprint density at radius 2 is 2.00 bits per heavy atom. The van der Waals surface area contributed by atoms with E-state index < -0.39 is 15.1 Å². The molecule has 1 aromatic rings. The van der Waals surface area contributed by atoms with Crippen molar-refractivity contribution in [3.05, 3.63) is 43.0 Å². The average Bonchev–Trinajstić information content (AvgIpc) is 2.28. The van der Waals surface area contributed by atoms with E-state index in [-0.39, 0.29) is 12.8 Å². The Hall–Kier alpha value is -1.33. The molecular formula is C12H16O4S. The second-order valence-electron chi connectivity index (χ2n) is 3.65. The molecule has 0 aliphatic rings. The van der Waals surface area contributed by atoms with Gasteiger partial charge in [0.15, 0.2) is 0 Å². The zero-order chi connectivity index (χ0) is 12.9. The predicted octanol–water partition coefficient (Wildman–Crippen LogP) is 2.64. The molecular weight excluding hydrogens is 240 g/mol. The first-order valence-electron chi connectivity index (χ1n) is 5.27. The first-order valence-corrected chi connectivity index (χ1v) is 6.71. The maximum atomic E-state index is 11.5. The molecule has 0 spiro atoms. The van der Waals surface area contributed by atoms with Gasteiger partial charge in [0.25, 0.3) is 0 Å². The lowest BCUT2D eigenvalue weighted by Crippen LogP contribution is -2.43. The average molecular weight is 256 g/mol. The van der Waals surface area contributed by atoms with Crippen LogP contribution in [0.3, 0.4) is 0 Å².